The molecule has 4 heteroatoms. The van der Waals surface area contributed by atoms with Gasteiger partial charge in [0.1, 0.15) is 6.54 Å². The van der Waals surface area contributed by atoms with E-state index in [1.54, 1.807) is 0 Å². The maximum atomic E-state index is 12.0. The molecule has 1 N–H and O–H groups in total. The summed E-state index contributed by atoms with van der Waals surface area (Å²) in [5.41, 5.74) is 1.81. The number of fused-ring (bicyclic) bond motifs is 1. The van der Waals surface area contributed by atoms with Gasteiger partial charge >= 0.3 is 5.97 Å². The van der Waals surface area contributed by atoms with Crippen LogP contribution in [0.4, 0.5) is 5.69 Å². The van der Waals surface area contributed by atoms with Crippen molar-refractivity contribution in [3.8, 4) is 0 Å². The minimum absolute atomic E-state index is 0.0644. The molecule has 1 atom stereocenters. The fourth-order valence-electron chi connectivity index (χ4n) is 3.00. The number of aliphatic hydroxyl groups excluding tert-OH is 1. The Bertz CT molecular complexity index is 848. The van der Waals surface area contributed by atoms with Gasteiger partial charge in [-0.15, -0.1) is 0 Å². The number of ether oxygens (including phenoxy) is 1. The summed E-state index contributed by atoms with van der Waals surface area (Å²) in [6, 6.07) is 23.4. The predicted molar refractivity (Wildman–Crippen MR) is 99.6 cm³/mol. The molecule has 3 aromatic rings. The first-order valence-corrected chi connectivity index (χ1v) is 8.21. The topological polar surface area (TPSA) is 49.8 Å². The zero-order valence-corrected chi connectivity index (χ0v) is 14.1. The number of benzene rings is 3. The molecule has 0 fully saturated rings. The van der Waals surface area contributed by atoms with Gasteiger partial charge in [-0.3, -0.25) is 4.79 Å². The van der Waals surface area contributed by atoms with Crippen LogP contribution < -0.4 is 4.90 Å². The van der Waals surface area contributed by atoms with Crippen molar-refractivity contribution < 1.29 is 14.6 Å². The lowest BCUT2D eigenvalue weighted by Gasteiger charge is -2.32. The lowest BCUT2D eigenvalue weighted by Crippen LogP contribution is -2.36. The summed E-state index contributed by atoms with van der Waals surface area (Å²) in [4.78, 5) is 13.8. The van der Waals surface area contributed by atoms with E-state index in [-0.39, 0.29) is 25.2 Å². The van der Waals surface area contributed by atoms with E-state index in [4.69, 9.17) is 4.74 Å². The number of hydrogen-bond donors (Lipinski definition) is 1. The van der Waals surface area contributed by atoms with Crippen molar-refractivity contribution in [3.63, 3.8) is 0 Å². The van der Waals surface area contributed by atoms with Gasteiger partial charge in [-0.05, 0) is 28.5 Å². The second kappa shape index (κ2) is 7.81. The zero-order chi connectivity index (χ0) is 17.6. The van der Waals surface area contributed by atoms with Crippen LogP contribution in [0.1, 0.15) is 11.6 Å². The van der Waals surface area contributed by atoms with Crippen LogP contribution in [-0.2, 0) is 9.53 Å². The molecule has 0 bridgehead atoms. The molecule has 0 aromatic heterocycles. The highest BCUT2D eigenvalue weighted by molar-refractivity contribution is 5.87. The summed E-state index contributed by atoms with van der Waals surface area (Å²) in [7, 11) is 1.37. The van der Waals surface area contributed by atoms with Crippen molar-refractivity contribution in [2.24, 2.45) is 0 Å². The molecule has 0 spiro atoms. The van der Waals surface area contributed by atoms with E-state index in [0.29, 0.717) is 0 Å². The molecule has 4 nitrogen and oxygen atoms in total. The maximum Gasteiger partial charge on any atom is 0.325 e. The molecule has 0 aliphatic heterocycles. The molecule has 3 rings (SSSR count). The van der Waals surface area contributed by atoms with Crippen molar-refractivity contribution in [2.45, 2.75) is 6.04 Å². The summed E-state index contributed by atoms with van der Waals surface area (Å²) in [6.07, 6.45) is 0. The van der Waals surface area contributed by atoms with Crippen molar-refractivity contribution in [3.05, 3.63) is 78.4 Å². The van der Waals surface area contributed by atoms with Crippen LogP contribution in [0.15, 0.2) is 72.8 Å². The van der Waals surface area contributed by atoms with Crippen LogP contribution in [0.5, 0.6) is 0 Å². The molecular weight excluding hydrogens is 314 g/mol. The molecule has 0 unspecified atom stereocenters. The molecule has 0 aliphatic rings. The molecule has 128 valence electrons. The Kier molecular flexibility index (Phi) is 5.31. The molecule has 0 amide bonds. The van der Waals surface area contributed by atoms with Crippen LogP contribution in [0, 0.1) is 0 Å². The van der Waals surface area contributed by atoms with Gasteiger partial charge in [-0.25, -0.2) is 0 Å². The number of carbonyl (C=O) groups is 1. The van der Waals surface area contributed by atoms with E-state index in [0.717, 1.165) is 22.0 Å². The summed E-state index contributed by atoms with van der Waals surface area (Å²) < 4.78 is 4.86. The zero-order valence-electron chi connectivity index (χ0n) is 14.1. The molecule has 0 aliphatic carbocycles. The second-order valence-electron chi connectivity index (χ2n) is 5.84. The van der Waals surface area contributed by atoms with E-state index in [1.807, 2.05) is 77.7 Å². The summed E-state index contributed by atoms with van der Waals surface area (Å²) >= 11 is 0. The number of esters is 1. The van der Waals surface area contributed by atoms with Crippen LogP contribution in [0.25, 0.3) is 10.8 Å². The lowest BCUT2D eigenvalue weighted by atomic mass is 10.0. The number of anilines is 1. The highest BCUT2D eigenvalue weighted by Gasteiger charge is 2.23. The predicted octanol–water partition coefficient (Wildman–Crippen LogP) is 3.55. The van der Waals surface area contributed by atoms with Crippen molar-refractivity contribution >= 4 is 22.4 Å². The number of carbonyl (C=O) groups excluding carboxylic acids is 1. The Morgan fingerprint density at radius 3 is 2.36 bits per heavy atom. The number of hydrogen-bond acceptors (Lipinski definition) is 4. The normalized spacial score (nSPS) is 11.9. The molecule has 0 radical (unpaired) electrons. The fraction of sp³-hybridized carbons (Fsp3) is 0.190. The first kappa shape index (κ1) is 17.0. The van der Waals surface area contributed by atoms with Gasteiger partial charge in [-0.1, -0.05) is 60.7 Å². The third-order valence-electron chi connectivity index (χ3n) is 4.33. The van der Waals surface area contributed by atoms with Crippen molar-refractivity contribution in [1.82, 2.24) is 0 Å². The third kappa shape index (κ3) is 3.80. The largest absolute Gasteiger partial charge is 0.468 e. The van der Waals surface area contributed by atoms with Gasteiger partial charge in [0.05, 0.1) is 19.8 Å². The van der Waals surface area contributed by atoms with E-state index < -0.39 is 0 Å². The van der Waals surface area contributed by atoms with Gasteiger partial charge in [0.2, 0.25) is 0 Å². The lowest BCUT2D eigenvalue weighted by molar-refractivity contribution is -0.139. The Hall–Kier alpha value is -2.85. The molecule has 0 heterocycles. The van der Waals surface area contributed by atoms with Gasteiger partial charge in [0.15, 0.2) is 0 Å². The van der Waals surface area contributed by atoms with E-state index >= 15 is 0 Å². The maximum absolute atomic E-state index is 12.0. The SMILES string of the molecule is COC(=O)CN(c1ccc2ccccc2c1)[C@@H](CO)c1ccccc1. The Morgan fingerprint density at radius 2 is 1.68 bits per heavy atom. The molecule has 3 aromatic carbocycles. The Labute approximate surface area is 147 Å². The number of nitrogens with zero attached hydrogens (tertiary/aromatic N) is 1. The third-order valence-corrected chi connectivity index (χ3v) is 4.33. The van der Waals surface area contributed by atoms with E-state index in [9.17, 15) is 9.90 Å². The molecule has 0 saturated carbocycles. The van der Waals surface area contributed by atoms with E-state index in [1.165, 1.54) is 7.11 Å². The second-order valence-corrected chi connectivity index (χ2v) is 5.84. The molecule has 25 heavy (non-hydrogen) atoms. The standard InChI is InChI=1S/C21H21NO3/c1-25-21(24)14-22(20(15-23)17-8-3-2-4-9-17)19-12-11-16-7-5-6-10-18(16)13-19/h2-13,20,23H,14-15H2,1H3/t20-/m0/s1. The highest BCUT2D eigenvalue weighted by atomic mass is 16.5. The monoisotopic (exact) mass is 335 g/mol. The van der Waals surface area contributed by atoms with Gasteiger partial charge in [0.25, 0.3) is 0 Å². The minimum Gasteiger partial charge on any atom is -0.468 e. The number of methoxy groups -OCH3 is 1. The minimum atomic E-state index is -0.345. The van der Waals surface area contributed by atoms with Gasteiger partial charge < -0.3 is 14.7 Å². The Balaban J connectivity index is 2.04. The number of aliphatic hydroxyl groups is 1. The quantitative estimate of drug-likeness (QED) is 0.700. The van der Waals surface area contributed by atoms with Crippen LogP contribution in [0.2, 0.25) is 0 Å². The van der Waals surface area contributed by atoms with Crippen LogP contribution in [0.3, 0.4) is 0 Å². The van der Waals surface area contributed by atoms with Crippen LogP contribution >= 0.6 is 0 Å². The smallest absolute Gasteiger partial charge is 0.325 e. The molecular formula is C21H21NO3. The summed E-state index contributed by atoms with van der Waals surface area (Å²) in [5.74, 6) is -0.345. The van der Waals surface area contributed by atoms with Gasteiger partial charge in [0, 0.05) is 5.69 Å². The number of rotatable bonds is 6. The Morgan fingerprint density at radius 1 is 1.00 bits per heavy atom. The van der Waals surface area contributed by atoms with Crippen molar-refractivity contribution in [1.29, 1.82) is 0 Å². The van der Waals surface area contributed by atoms with Gasteiger partial charge in [-0.2, -0.15) is 0 Å². The van der Waals surface area contributed by atoms with E-state index in [2.05, 4.69) is 0 Å². The average molecular weight is 335 g/mol. The summed E-state index contributed by atoms with van der Waals surface area (Å²) in [6.45, 7) is -0.0389. The first-order valence-electron chi connectivity index (χ1n) is 8.21. The average Bonchev–Trinajstić information content (AvgIpc) is 2.68. The van der Waals surface area contributed by atoms with Crippen LogP contribution in [-0.4, -0.2) is 31.3 Å². The first-order chi connectivity index (χ1) is 12.2. The molecule has 0 saturated heterocycles. The highest BCUT2D eigenvalue weighted by Crippen LogP contribution is 2.29. The fourth-order valence-corrected chi connectivity index (χ4v) is 3.00. The summed E-state index contributed by atoms with van der Waals surface area (Å²) in [5, 5.41) is 12.2. The van der Waals surface area contributed by atoms with Crippen molar-refractivity contribution in [2.75, 3.05) is 25.2 Å².